The summed E-state index contributed by atoms with van der Waals surface area (Å²) in [7, 11) is -8.35. The second-order valence-corrected chi connectivity index (χ2v) is 16.5. The quantitative estimate of drug-likeness (QED) is 0.0850. The predicted molar refractivity (Wildman–Crippen MR) is 195 cm³/mol. The summed E-state index contributed by atoms with van der Waals surface area (Å²) in [5, 5.41) is 1.61. The minimum Gasteiger partial charge on any atom is -0.466 e. The molecule has 55 heavy (non-hydrogen) atoms. The fraction of sp³-hybridized carbons (Fsp3) is 0.171. The smallest absolute Gasteiger partial charge is 0.338 e. The van der Waals surface area contributed by atoms with Gasteiger partial charge in [-0.15, -0.1) is 0 Å². The minimum atomic E-state index is -4.27. The van der Waals surface area contributed by atoms with E-state index in [4.69, 9.17) is 32.7 Å². The molecule has 0 radical (unpaired) electrons. The zero-order valence-electron chi connectivity index (χ0n) is 28.0. The van der Waals surface area contributed by atoms with Gasteiger partial charge in [0.15, 0.2) is 11.6 Å². The SMILES string of the molecule is CCOC(=O)C1CC1c1cc(F)c(NS(=O)(=O)c2c[nH]c3cc(Cl)ccc23)nc1F.O=C1OCc2cc(F)c(NS(=O)(=O)c3c[nH]c4cc(Cl)ccc34)cc21. The Morgan fingerprint density at radius 3 is 2.09 bits per heavy atom. The Morgan fingerprint density at radius 1 is 0.891 bits per heavy atom. The number of aromatic amines is 2. The number of nitrogens with one attached hydrogen (secondary N) is 4. The molecule has 3 aromatic heterocycles. The normalized spacial score (nSPS) is 16.3. The summed E-state index contributed by atoms with van der Waals surface area (Å²) in [5.41, 5.74) is 1.12. The van der Waals surface area contributed by atoms with E-state index in [2.05, 4.69) is 19.7 Å². The molecule has 8 rings (SSSR count). The Balaban J connectivity index is 0.000000172. The van der Waals surface area contributed by atoms with E-state index in [-0.39, 0.29) is 39.8 Å². The van der Waals surface area contributed by atoms with E-state index in [1.807, 2.05) is 4.72 Å². The van der Waals surface area contributed by atoms with Crippen molar-refractivity contribution < 1.29 is 49.1 Å². The molecule has 13 nitrogen and oxygen atoms in total. The largest absolute Gasteiger partial charge is 0.466 e. The van der Waals surface area contributed by atoms with Gasteiger partial charge in [-0.2, -0.15) is 9.37 Å². The molecule has 1 aliphatic heterocycles. The molecule has 2 unspecified atom stereocenters. The highest BCUT2D eigenvalue weighted by molar-refractivity contribution is 7.93. The lowest BCUT2D eigenvalue weighted by atomic mass is 10.1. The summed E-state index contributed by atoms with van der Waals surface area (Å²) in [4.78, 5) is 32.1. The fourth-order valence-electron chi connectivity index (χ4n) is 6.05. The third kappa shape index (κ3) is 7.54. The Bertz CT molecular complexity index is 2780. The number of esters is 2. The molecule has 1 fully saturated rings. The topological polar surface area (TPSA) is 189 Å². The number of aromatic nitrogens is 3. The van der Waals surface area contributed by atoms with E-state index in [1.165, 1.54) is 24.5 Å². The van der Waals surface area contributed by atoms with Crippen molar-refractivity contribution in [1.29, 1.82) is 0 Å². The predicted octanol–water partition coefficient (Wildman–Crippen LogP) is 7.39. The van der Waals surface area contributed by atoms with Crippen molar-refractivity contribution in [1.82, 2.24) is 15.0 Å². The third-order valence-corrected chi connectivity index (χ3v) is 12.0. The highest BCUT2D eigenvalue weighted by Crippen LogP contribution is 2.49. The molecule has 0 spiro atoms. The van der Waals surface area contributed by atoms with Crippen molar-refractivity contribution in [2.45, 2.75) is 35.7 Å². The van der Waals surface area contributed by atoms with Crippen molar-refractivity contribution >= 4 is 88.5 Å². The monoisotopic (exact) mass is 835 g/mol. The van der Waals surface area contributed by atoms with Crippen LogP contribution >= 0.6 is 23.2 Å². The van der Waals surface area contributed by atoms with Crippen LogP contribution in [-0.4, -0.2) is 50.3 Å². The average molecular weight is 837 g/mol. The van der Waals surface area contributed by atoms with Crippen LogP contribution < -0.4 is 9.44 Å². The van der Waals surface area contributed by atoms with Crippen LogP contribution in [0.5, 0.6) is 0 Å². The molecule has 4 N–H and O–H groups in total. The average Bonchev–Trinajstić information content (AvgIpc) is 3.39. The van der Waals surface area contributed by atoms with Gasteiger partial charge in [-0.1, -0.05) is 23.2 Å². The number of pyridine rings is 1. The maximum absolute atomic E-state index is 14.5. The zero-order valence-corrected chi connectivity index (χ0v) is 31.2. The Hall–Kier alpha value is -5.30. The number of benzene rings is 3. The molecular weight excluding hydrogens is 810 g/mol. The van der Waals surface area contributed by atoms with Gasteiger partial charge in [0.25, 0.3) is 20.0 Å². The molecule has 6 aromatic rings. The molecule has 20 heteroatoms. The summed E-state index contributed by atoms with van der Waals surface area (Å²) >= 11 is 11.8. The zero-order chi connectivity index (χ0) is 39.4. The molecule has 0 bridgehead atoms. The molecule has 3 aromatic carbocycles. The van der Waals surface area contributed by atoms with Gasteiger partial charge in [-0.25, -0.2) is 30.4 Å². The van der Waals surface area contributed by atoms with Gasteiger partial charge in [-0.05, 0) is 67.9 Å². The van der Waals surface area contributed by atoms with Crippen LogP contribution in [0.3, 0.4) is 0 Å². The van der Waals surface area contributed by atoms with E-state index < -0.39 is 67.2 Å². The van der Waals surface area contributed by atoms with Crippen molar-refractivity contribution in [3.63, 3.8) is 0 Å². The standard InChI is InChI=1S/C19H16ClF2N3O4S.C16H10ClFN2O4S/c1-2-29-19(26)13-6-11(13)12-7-14(21)18(24-17(12)22)25-30(27,28)16-8-23-15-5-9(20)3-4-10(15)16;17-9-1-2-10-13(4-9)19-6-15(10)25(22,23)20-14-5-11-8(3-12(14)18)7-24-16(11)21/h3-5,7-8,11,13,23H,2,6H2,1H3,(H,24,25);1-6,19-20H,7H2. The number of H-pyrrole nitrogens is 2. The summed E-state index contributed by atoms with van der Waals surface area (Å²) < 4.78 is 108. The third-order valence-electron chi connectivity index (χ3n) is 8.77. The van der Waals surface area contributed by atoms with Gasteiger partial charge < -0.3 is 19.4 Å². The van der Waals surface area contributed by atoms with Gasteiger partial charge in [0.05, 0.1) is 23.8 Å². The maximum Gasteiger partial charge on any atom is 0.338 e. The molecular formula is C35H26Cl2F3N5O8S2. The molecule has 2 atom stereocenters. The first kappa shape index (κ1) is 38.0. The molecule has 0 amide bonds. The number of fused-ring (bicyclic) bond motifs is 3. The number of anilines is 2. The molecule has 1 aliphatic carbocycles. The number of carbonyl (C=O) groups excluding carboxylic acids is 2. The first-order valence-electron chi connectivity index (χ1n) is 16.2. The van der Waals surface area contributed by atoms with Crippen LogP contribution in [0.2, 0.25) is 10.0 Å². The van der Waals surface area contributed by atoms with Gasteiger partial charge in [0, 0.05) is 61.3 Å². The van der Waals surface area contributed by atoms with Gasteiger partial charge in [0.2, 0.25) is 5.95 Å². The number of hydrogen-bond acceptors (Lipinski definition) is 9. The van der Waals surface area contributed by atoms with Crippen LogP contribution in [0.25, 0.3) is 21.8 Å². The Kier molecular flexibility index (Phi) is 9.95. The number of halogens is 5. The molecule has 0 saturated heterocycles. The number of hydrogen-bond donors (Lipinski definition) is 4. The van der Waals surface area contributed by atoms with Crippen LogP contribution in [0.15, 0.2) is 76.8 Å². The fourth-order valence-corrected chi connectivity index (χ4v) is 8.82. The van der Waals surface area contributed by atoms with Crippen molar-refractivity contribution in [2.24, 2.45) is 5.92 Å². The van der Waals surface area contributed by atoms with E-state index in [9.17, 15) is 39.6 Å². The number of sulfonamides is 2. The lowest BCUT2D eigenvalue weighted by Crippen LogP contribution is -2.16. The number of rotatable bonds is 9. The Morgan fingerprint density at radius 2 is 1.49 bits per heavy atom. The number of cyclic esters (lactones) is 1. The lowest BCUT2D eigenvalue weighted by Gasteiger charge is -2.10. The number of nitrogens with zero attached hydrogens (tertiary/aromatic N) is 1. The number of carbonyl (C=O) groups is 2. The molecule has 2 aliphatic rings. The van der Waals surface area contributed by atoms with E-state index >= 15 is 0 Å². The maximum atomic E-state index is 14.5. The van der Waals surface area contributed by atoms with Crippen LogP contribution in [-0.2, 0) is 40.9 Å². The van der Waals surface area contributed by atoms with Crippen molar-refractivity contribution in [3.8, 4) is 0 Å². The summed E-state index contributed by atoms with van der Waals surface area (Å²) in [6.45, 7) is 1.82. The number of ether oxygens (including phenoxy) is 2. The molecule has 286 valence electrons. The highest BCUT2D eigenvalue weighted by Gasteiger charge is 2.47. The molecule has 1 saturated carbocycles. The van der Waals surface area contributed by atoms with Crippen LogP contribution in [0.1, 0.15) is 40.7 Å². The van der Waals surface area contributed by atoms with Gasteiger partial charge in [-0.3, -0.25) is 14.2 Å². The lowest BCUT2D eigenvalue weighted by molar-refractivity contribution is -0.144. The molecule has 4 heterocycles. The van der Waals surface area contributed by atoms with Crippen molar-refractivity contribution in [2.75, 3.05) is 16.1 Å². The second kappa shape index (κ2) is 14.4. The summed E-state index contributed by atoms with van der Waals surface area (Å²) in [6, 6.07) is 12.3. The van der Waals surface area contributed by atoms with Gasteiger partial charge >= 0.3 is 11.9 Å². The first-order valence-corrected chi connectivity index (χ1v) is 19.9. The van der Waals surface area contributed by atoms with E-state index in [0.29, 0.717) is 43.8 Å². The highest BCUT2D eigenvalue weighted by atomic mass is 35.5. The van der Waals surface area contributed by atoms with Crippen LogP contribution in [0.4, 0.5) is 24.7 Å². The Labute approximate surface area is 320 Å². The van der Waals surface area contributed by atoms with E-state index in [0.717, 1.165) is 18.2 Å². The van der Waals surface area contributed by atoms with E-state index in [1.54, 1.807) is 31.2 Å². The summed E-state index contributed by atoms with van der Waals surface area (Å²) in [5.74, 6) is -5.85. The van der Waals surface area contributed by atoms with Gasteiger partial charge in [0.1, 0.15) is 22.2 Å². The van der Waals surface area contributed by atoms with Crippen LogP contribution in [0, 0.1) is 23.5 Å². The minimum absolute atomic E-state index is 0.0265. The van der Waals surface area contributed by atoms with Crippen molar-refractivity contribution in [3.05, 3.63) is 111 Å². The first-order chi connectivity index (χ1) is 26.1. The second-order valence-electron chi connectivity index (χ2n) is 12.4. The summed E-state index contributed by atoms with van der Waals surface area (Å²) in [6.07, 6.45) is 2.84.